The van der Waals surface area contributed by atoms with Crippen LogP contribution in [0.2, 0.25) is 5.02 Å². The predicted octanol–water partition coefficient (Wildman–Crippen LogP) is 2.55. The fourth-order valence-corrected chi connectivity index (χ4v) is 2.43. The molecule has 0 saturated carbocycles. The van der Waals surface area contributed by atoms with Crippen LogP contribution < -0.4 is 5.32 Å². The van der Waals surface area contributed by atoms with Crippen molar-refractivity contribution in [3.63, 3.8) is 0 Å². The van der Waals surface area contributed by atoms with Gasteiger partial charge in [0.15, 0.2) is 0 Å². The maximum Gasteiger partial charge on any atom is 0.408 e. The van der Waals surface area contributed by atoms with E-state index < -0.39 is 12.2 Å². The average Bonchev–Trinajstić information content (AvgIpc) is 2.34. The number of nitrogens with zero attached hydrogens (tertiary/aromatic N) is 1. The van der Waals surface area contributed by atoms with Crippen LogP contribution in [0.15, 0.2) is 18.2 Å². The lowest BCUT2D eigenvalue weighted by molar-refractivity contribution is -0.187. The molecule has 1 aromatic carbocycles. The van der Waals surface area contributed by atoms with Gasteiger partial charge in [0.25, 0.3) is 0 Å². The van der Waals surface area contributed by atoms with E-state index in [0.717, 1.165) is 0 Å². The molecule has 106 valence electrons. The van der Waals surface area contributed by atoms with Gasteiger partial charge in [0.2, 0.25) is 0 Å². The first kappa shape index (κ1) is 14.4. The molecule has 0 spiro atoms. The molecule has 0 amide bonds. The standard InChI is InChI=1S/C12H14ClF3N2O/c13-9-7-8(1-2-10(9)19)11(12(14,15)16)18-5-3-17-4-6-18/h1-2,7,11,17,19H,3-6H2/t11-/m1/s1. The molecule has 2 N–H and O–H groups in total. The summed E-state index contributed by atoms with van der Waals surface area (Å²) >= 11 is 5.70. The second kappa shape index (κ2) is 5.56. The number of phenolic OH excluding ortho intramolecular Hbond substituents is 1. The Balaban J connectivity index is 2.33. The molecule has 0 radical (unpaired) electrons. The topological polar surface area (TPSA) is 35.5 Å². The van der Waals surface area contributed by atoms with Crippen molar-refractivity contribution < 1.29 is 18.3 Å². The zero-order valence-electron chi connectivity index (χ0n) is 10.0. The van der Waals surface area contributed by atoms with Crippen LogP contribution in [0.5, 0.6) is 5.75 Å². The van der Waals surface area contributed by atoms with Gasteiger partial charge in [0.05, 0.1) is 5.02 Å². The van der Waals surface area contributed by atoms with E-state index in [1.807, 2.05) is 0 Å². The Labute approximate surface area is 114 Å². The van der Waals surface area contributed by atoms with Crippen molar-refractivity contribution in [1.29, 1.82) is 0 Å². The molecule has 1 aromatic rings. The van der Waals surface area contributed by atoms with Crippen LogP contribution in [0.1, 0.15) is 11.6 Å². The van der Waals surface area contributed by atoms with Crippen LogP contribution in [0, 0.1) is 0 Å². The number of halogens is 4. The third-order valence-corrected chi connectivity index (χ3v) is 3.42. The minimum Gasteiger partial charge on any atom is -0.506 e. The molecule has 1 atom stereocenters. The van der Waals surface area contributed by atoms with E-state index in [0.29, 0.717) is 26.2 Å². The predicted molar refractivity (Wildman–Crippen MR) is 66.4 cm³/mol. The van der Waals surface area contributed by atoms with E-state index in [4.69, 9.17) is 11.6 Å². The van der Waals surface area contributed by atoms with Crippen LogP contribution in [0.3, 0.4) is 0 Å². The average molecular weight is 295 g/mol. The highest BCUT2D eigenvalue weighted by molar-refractivity contribution is 6.32. The molecule has 1 aliphatic rings. The summed E-state index contributed by atoms with van der Waals surface area (Å²) in [4.78, 5) is 1.37. The summed E-state index contributed by atoms with van der Waals surface area (Å²) in [5.74, 6) is -0.216. The van der Waals surface area contributed by atoms with E-state index in [2.05, 4.69) is 5.32 Å². The van der Waals surface area contributed by atoms with Gasteiger partial charge in [-0.1, -0.05) is 17.7 Å². The van der Waals surface area contributed by atoms with Crippen LogP contribution in [-0.2, 0) is 0 Å². The summed E-state index contributed by atoms with van der Waals surface area (Å²) in [6.45, 7) is 1.70. The maximum absolute atomic E-state index is 13.3. The van der Waals surface area contributed by atoms with Crippen molar-refractivity contribution in [2.75, 3.05) is 26.2 Å². The number of aromatic hydroxyl groups is 1. The van der Waals surface area contributed by atoms with Crippen molar-refractivity contribution in [3.05, 3.63) is 28.8 Å². The molecule has 3 nitrogen and oxygen atoms in total. The van der Waals surface area contributed by atoms with Crippen molar-refractivity contribution >= 4 is 11.6 Å². The van der Waals surface area contributed by atoms with Gasteiger partial charge >= 0.3 is 6.18 Å². The summed E-state index contributed by atoms with van der Waals surface area (Å²) in [6, 6.07) is 1.95. The molecular weight excluding hydrogens is 281 g/mol. The Morgan fingerprint density at radius 3 is 2.42 bits per heavy atom. The molecular formula is C12H14ClF3N2O. The zero-order valence-corrected chi connectivity index (χ0v) is 10.8. The number of piperazine rings is 1. The highest BCUT2D eigenvalue weighted by Crippen LogP contribution is 2.39. The van der Waals surface area contributed by atoms with E-state index in [1.165, 1.54) is 23.1 Å². The lowest BCUT2D eigenvalue weighted by Crippen LogP contribution is -2.49. The summed E-state index contributed by atoms with van der Waals surface area (Å²) in [7, 11) is 0. The van der Waals surface area contributed by atoms with Crippen LogP contribution in [-0.4, -0.2) is 42.4 Å². The van der Waals surface area contributed by atoms with E-state index >= 15 is 0 Å². The lowest BCUT2D eigenvalue weighted by atomic mass is 10.0. The van der Waals surface area contributed by atoms with Gasteiger partial charge < -0.3 is 10.4 Å². The maximum atomic E-state index is 13.3. The molecule has 0 aliphatic carbocycles. The van der Waals surface area contributed by atoms with Crippen LogP contribution >= 0.6 is 11.6 Å². The number of phenols is 1. The smallest absolute Gasteiger partial charge is 0.408 e. The van der Waals surface area contributed by atoms with E-state index in [-0.39, 0.29) is 16.3 Å². The Bertz CT molecular complexity index is 447. The minimum absolute atomic E-state index is 0.0530. The highest BCUT2D eigenvalue weighted by Gasteiger charge is 2.45. The normalized spacial score (nSPS) is 19.4. The number of alkyl halides is 3. The number of benzene rings is 1. The molecule has 2 rings (SSSR count). The second-order valence-electron chi connectivity index (χ2n) is 4.44. The van der Waals surface area contributed by atoms with Gasteiger partial charge in [-0.3, -0.25) is 4.90 Å². The van der Waals surface area contributed by atoms with Crippen molar-refractivity contribution in [2.45, 2.75) is 12.2 Å². The fourth-order valence-electron chi connectivity index (χ4n) is 2.24. The lowest BCUT2D eigenvalue weighted by Gasteiger charge is -2.36. The first-order valence-corrected chi connectivity index (χ1v) is 6.27. The first-order chi connectivity index (χ1) is 8.89. The molecule has 1 saturated heterocycles. The molecule has 0 aromatic heterocycles. The summed E-state index contributed by atoms with van der Waals surface area (Å²) in [5, 5.41) is 12.3. The van der Waals surface area contributed by atoms with Gasteiger partial charge in [-0.25, -0.2) is 0 Å². The quantitative estimate of drug-likeness (QED) is 0.880. The SMILES string of the molecule is Oc1ccc([C@@H](N2CCNCC2)C(F)(F)F)cc1Cl. The van der Waals surface area contributed by atoms with Gasteiger partial charge in [-0.15, -0.1) is 0 Å². The number of hydrogen-bond acceptors (Lipinski definition) is 3. The molecule has 0 bridgehead atoms. The zero-order chi connectivity index (χ0) is 14.0. The molecule has 0 unspecified atom stereocenters. The fraction of sp³-hybridized carbons (Fsp3) is 0.500. The Kier molecular flexibility index (Phi) is 4.23. The van der Waals surface area contributed by atoms with Crippen LogP contribution in [0.4, 0.5) is 13.2 Å². The number of rotatable bonds is 2. The molecule has 7 heteroatoms. The summed E-state index contributed by atoms with van der Waals surface area (Å²) in [6.07, 6.45) is -4.38. The Morgan fingerprint density at radius 1 is 1.26 bits per heavy atom. The third kappa shape index (κ3) is 3.32. The second-order valence-corrected chi connectivity index (χ2v) is 4.85. The third-order valence-electron chi connectivity index (χ3n) is 3.11. The van der Waals surface area contributed by atoms with Crippen molar-refractivity contribution in [1.82, 2.24) is 10.2 Å². The first-order valence-electron chi connectivity index (χ1n) is 5.89. The van der Waals surface area contributed by atoms with Crippen molar-refractivity contribution in [3.8, 4) is 5.75 Å². The van der Waals surface area contributed by atoms with Gasteiger partial charge in [0, 0.05) is 26.2 Å². The molecule has 1 heterocycles. The van der Waals surface area contributed by atoms with Crippen LogP contribution in [0.25, 0.3) is 0 Å². The highest BCUT2D eigenvalue weighted by atomic mass is 35.5. The van der Waals surface area contributed by atoms with Crippen molar-refractivity contribution in [2.24, 2.45) is 0 Å². The molecule has 1 fully saturated rings. The monoisotopic (exact) mass is 294 g/mol. The molecule has 19 heavy (non-hydrogen) atoms. The molecule has 1 aliphatic heterocycles. The summed E-state index contributed by atoms with van der Waals surface area (Å²) < 4.78 is 39.8. The minimum atomic E-state index is -4.38. The Morgan fingerprint density at radius 2 is 1.89 bits per heavy atom. The number of nitrogens with one attached hydrogen (secondary N) is 1. The van der Waals surface area contributed by atoms with E-state index in [1.54, 1.807) is 0 Å². The van der Waals surface area contributed by atoms with Gasteiger partial charge in [-0.2, -0.15) is 13.2 Å². The number of hydrogen-bond donors (Lipinski definition) is 2. The largest absolute Gasteiger partial charge is 0.506 e. The van der Waals surface area contributed by atoms with Gasteiger partial charge in [0.1, 0.15) is 11.8 Å². The Hall–Kier alpha value is -0.980. The van der Waals surface area contributed by atoms with Gasteiger partial charge in [-0.05, 0) is 17.7 Å². The summed E-state index contributed by atoms with van der Waals surface area (Å²) in [5.41, 5.74) is 0.0530. The van der Waals surface area contributed by atoms with E-state index in [9.17, 15) is 18.3 Å².